The number of nitrogens with zero attached hydrogens (tertiary/aromatic N) is 3. The molecule has 0 unspecified atom stereocenters. The van der Waals surface area contributed by atoms with Gasteiger partial charge in [-0.2, -0.15) is 0 Å². The van der Waals surface area contributed by atoms with Gasteiger partial charge in [0, 0.05) is 6.54 Å². The third-order valence-corrected chi connectivity index (χ3v) is 5.23. The van der Waals surface area contributed by atoms with E-state index >= 15 is 0 Å². The zero-order valence-corrected chi connectivity index (χ0v) is 17.1. The van der Waals surface area contributed by atoms with E-state index in [2.05, 4.69) is 20.7 Å². The van der Waals surface area contributed by atoms with E-state index in [1.54, 1.807) is 12.1 Å². The van der Waals surface area contributed by atoms with Crippen LogP contribution >= 0.6 is 11.3 Å². The maximum absolute atomic E-state index is 13.3. The molecule has 7 nitrogen and oxygen atoms in total. The first-order valence-corrected chi connectivity index (χ1v) is 10.3. The molecule has 0 bridgehead atoms. The lowest BCUT2D eigenvalue weighted by molar-refractivity contribution is -0.120. The van der Waals surface area contributed by atoms with Gasteiger partial charge in [-0.15, -0.1) is 16.4 Å². The number of nitrogens with one attached hydrogen (secondary N) is 2. The number of carbonyl (C=O) groups is 2. The third-order valence-electron chi connectivity index (χ3n) is 4.37. The van der Waals surface area contributed by atoms with Crippen LogP contribution in [0.15, 0.2) is 72.1 Å². The highest BCUT2D eigenvalue weighted by Crippen LogP contribution is 2.25. The summed E-state index contributed by atoms with van der Waals surface area (Å²) in [5.74, 6) is -0.896. The van der Waals surface area contributed by atoms with E-state index in [4.69, 9.17) is 0 Å². The number of carbonyl (C=O) groups excluding carboxylic acids is 2. The normalized spacial score (nSPS) is 10.6. The van der Waals surface area contributed by atoms with Crippen LogP contribution in [0.5, 0.6) is 0 Å². The molecule has 0 saturated heterocycles. The fraction of sp³-hybridized carbons (Fsp3) is 0.0909. The third kappa shape index (κ3) is 5.01. The van der Waals surface area contributed by atoms with Gasteiger partial charge < -0.3 is 10.6 Å². The first-order valence-electron chi connectivity index (χ1n) is 9.46. The van der Waals surface area contributed by atoms with Gasteiger partial charge in [-0.05, 0) is 41.3 Å². The predicted octanol–water partition coefficient (Wildman–Crippen LogP) is 3.18. The van der Waals surface area contributed by atoms with E-state index in [1.165, 1.54) is 28.2 Å². The average Bonchev–Trinajstić information content (AvgIpc) is 3.47. The van der Waals surface area contributed by atoms with E-state index in [9.17, 15) is 14.0 Å². The molecule has 156 valence electrons. The van der Waals surface area contributed by atoms with Crippen molar-refractivity contribution in [3.8, 4) is 16.4 Å². The molecule has 2 aromatic carbocycles. The van der Waals surface area contributed by atoms with Gasteiger partial charge in [0.1, 0.15) is 5.82 Å². The molecule has 0 atom stereocenters. The molecule has 2 N–H and O–H groups in total. The lowest BCUT2D eigenvalue weighted by Crippen LogP contribution is -2.37. The van der Waals surface area contributed by atoms with Gasteiger partial charge in [0.15, 0.2) is 5.82 Å². The quantitative estimate of drug-likeness (QED) is 0.467. The summed E-state index contributed by atoms with van der Waals surface area (Å²) < 4.78 is 14.8. The monoisotopic (exact) mass is 435 g/mol. The van der Waals surface area contributed by atoms with E-state index < -0.39 is 5.91 Å². The van der Waals surface area contributed by atoms with Gasteiger partial charge in [-0.25, -0.2) is 14.1 Å². The minimum Gasteiger partial charge on any atom is -0.350 e. The molecule has 0 aliphatic carbocycles. The lowest BCUT2D eigenvalue weighted by Gasteiger charge is -2.06. The summed E-state index contributed by atoms with van der Waals surface area (Å²) in [6.07, 6.45) is 0. The SMILES string of the molecule is O=C(CNC(=O)c1nc(-c2cccs2)n(-c2ccc(F)cc2)n1)NCc1ccccc1. The molecule has 0 saturated carbocycles. The summed E-state index contributed by atoms with van der Waals surface area (Å²) >= 11 is 1.44. The summed E-state index contributed by atoms with van der Waals surface area (Å²) in [6, 6.07) is 18.9. The first kappa shape index (κ1) is 20.4. The van der Waals surface area contributed by atoms with Crippen molar-refractivity contribution in [1.82, 2.24) is 25.4 Å². The molecule has 0 aliphatic rings. The standard InChI is InChI=1S/C22H18FN5O2S/c23-16-8-10-17(11-9-16)28-21(18-7-4-12-31-18)26-20(27-28)22(30)25-14-19(29)24-13-15-5-2-1-3-6-15/h1-12H,13-14H2,(H,24,29)(H,25,30). The van der Waals surface area contributed by atoms with Gasteiger partial charge in [0.25, 0.3) is 5.91 Å². The fourth-order valence-electron chi connectivity index (χ4n) is 2.83. The number of hydrogen-bond acceptors (Lipinski definition) is 5. The van der Waals surface area contributed by atoms with Crippen LogP contribution in [0.1, 0.15) is 16.2 Å². The molecule has 9 heteroatoms. The van der Waals surface area contributed by atoms with E-state index in [1.807, 2.05) is 47.8 Å². The molecule has 2 amide bonds. The van der Waals surface area contributed by atoms with Gasteiger partial charge in [-0.1, -0.05) is 36.4 Å². The van der Waals surface area contributed by atoms with Crippen LogP contribution in [0.25, 0.3) is 16.4 Å². The Morgan fingerprint density at radius 1 is 0.968 bits per heavy atom. The van der Waals surface area contributed by atoms with Crippen LogP contribution in [-0.4, -0.2) is 33.1 Å². The van der Waals surface area contributed by atoms with Gasteiger partial charge >= 0.3 is 0 Å². The topological polar surface area (TPSA) is 88.9 Å². The molecule has 0 radical (unpaired) electrons. The molecule has 0 aliphatic heterocycles. The number of aromatic nitrogens is 3. The van der Waals surface area contributed by atoms with Gasteiger partial charge in [0.05, 0.1) is 17.1 Å². The van der Waals surface area contributed by atoms with Crippen molar-refractivity contribution in [2.45, 2.75) is 6.54 Å². The zero-order chi connectivity index (χ0) is 21.6. The second-order valence-electron chi connectivity index (χ2n) is 6.57. The van der Waals surface area contributed by atoms with Crippen LogP contribution in [0.4, 0.5) is 4.39 Å². The smallest absolute Gasteiger partial charge is 0.291 e. The number of amides is 2. The number of thiophene rings is 1. The highest BCUT2D eigenvalue weighted by Gasteiger charge is 2.20. The van der Waals surface area contributed by atoms with Crippen LogP contribution in [0.3, 0.4) is 0 Å². The molecule has 4 rings (SSSR count). The average molecular weight is 435 g/mol. The molecule has 2 heterocycles. The van der Waals surface area contributed by atoms with Gasteiger partial charge in [-0.3, -0.25) is 9.59 Å². The number of rotatable bonds is 7. The van der Waals surface area contributed by atoms with Crippen molar-refractivity contribution in [3.63, 3.8) is 0 Å². The van der Waals surface area contributed by atoms with Gasteiger partial charge in [0.2, 0.25) is 11.7 Å². The molecule has 0 fully saturated rings. The molecule has 2 aromatic heterocycles. The van der Waals surface area contributed by atoms with Crippen LogP contribution in [-0.2, 0) is 11.3 Å². The lowest BCUT2D eigenvalue weighted by atomic mass is 10.2. The van der Waals surface area contributed by atoms with Crippen LogP contribution < -0.4 is 10.6 Å². The zero-order valence-electron chi connectivity index (χ0n) is 16.3. The Balaban J connectivity index is 1.46. The molecule has 0 spiro atoms. The Morgan fingerprint density at radius 3 is 2.45 bits per heavy atom. The van der Waals surface area contributed by atoms with Crippen LogP contribution in [0.2, 0.25) is 0 Å². The summed E-state index contributed by atoms with van der Waals surface area (Å²) in [4.78, 5) is 29.8. The Bertz CT molecular complexity index is 1170. The Hall–Kier alpha value is -3.85. The number of benzene rings is 2. The number of halogens is 1. The second kappa shape index (κ2) is 9.31. The predicted molar refractivity (Wildman–Crippen MR) is 115 cm³/mol. The van der Waals surface area contributed by atoms with Crippen molar-refractivity contribution < 1.29 is 14.0 Å². The number of hydrogen-bond donors (Lipinski definition) is 2. The summed E-state index contributed by atoms with van der Waals surface area (Å²) in [6.45, 7) is 0.167. The molecule has 31 heavy (non-hydrogen) atoms. The summed E-state index contributed by atoms with van der Waals surface area (Å²) in [5, 5.41) is 11.4. The Kier molecular flexibility index (Phi) is 6.13. The van der Waals surface area contributed by atoms with Crippen molar-refractivity contribution in [1.29, 1.82) is 0 Å². The molecular formula is C22H18FN5O2S. The minimum atomic E-state index is -0.575. The van der Waals surface area contributed by atoms with Crippen molar-refractivity contribution in [2.24, 2.45) is 0 Å². The largest absolute Gasteiger partial charge is 0.350 e. The maximum Gasteiger partial charge on any atom is 0.291 e. The molecule has 4 aromatic rings. The highest BCUT2D eigenvalue weighted by atomic mass is 32.1. The van der Waals surface area contributed by atoms with Crippen molar-refractivity contribution in [3.05, 3.63) is 89.3 Å². The summed E-state index contributed by atoms with van der Waals surface area (Å²) in [5.41, 5.74) is 1.53. The van der Waals surface area contributed by atoms with E-state index in [-0.39, 0.29) is 24.1 Å². The first-order chi connectivity index (χ1) is 15.1. The minimum absolute atomic E-state index is 0.0800. The Labute approximate surface area is 181 Å². The van der Waals surface area contributed by atoms with Crippen molar-refractivity contribution >= 4 is 23.2 Å². The van der Waals surface area contributed by atoms with E-state index in [0.29, 0.717) is 18.1 Å². The fourth-order valence-corrected chi connectivity index (χ4v) is 3.53. The van der Waals surface area contributed by atoms with Crippen molar-refractivity contribution in [2.75, 3.05) is 6.54 Å². The van der Waals surface area contributed by atoms with E-state index in [0.717, 1.165) is 10.4 Å². The maximum atomic E-state index is 13.3. The highest BCUT2D eigenvalue weighted by molar-refractivity contribution is 7.13. The second-order valence-corrected chi connectivity index (χ2v) is 7.52. The summed E-state index contributed by atoms with van der Waals surface area (Å²) in [7, 11) is 0. The Morgan fingerprint density at radius 2 is 1.74 bits per heavy atom. The van der Waals surface area contributed by atoms with Crippen LogP contribution in [0, 0.1) is 5.82 Å². The molecular weight excluding hydrogens is 417 g/mol.